The van der Waals surface area contributed by atoms with Crippen molar-refractivity contribution in [3.8, 4) is 0 Å². The number of benzene rings is 1. The molecule has 0 atom stereocenters. The molecule has 7 nitrogen and oxygen atoms in total. The van der Waals surface area contributed by atoms with Crippen LogP contribution in [0.5, 0.6) is 0 Å². The largest absolute Gasteiger partial charge is 0.452 e. The standard InChI is InChI=1S/C16H23N3O4/c1-4-18-14(20)9-19(5-2)15(21)10-23-16(22)12-7-6-11(3)13(17)8-12/h6-8H,4-5,9-10,17H2,1-3H3,(H,18,20). The smallest absolute Gasteiger partial charge is 0.338 e. The molecule has 0 aliphatic rings. The Balaban J connectivity index is 2.57. The number of rotatable bonds is 7. The van der Waals surface area contributed by atoms with Gasteiger partial charge >= 0.3 is 5.97 Å². The van der Waals surface area contributed by atoms with Crippen molar-refractivity contribution in [1.82, 2.24) is 10.2 Å². The van der Waals surface area contributed by atoms with Crippen LogP contribution < -0.4 is 11.1 Å². The summed E-state index contributed by atoms with van der Waals surface area (Å²) >= 11 is 0. The number of aryl methyl sites for hydroxylation is 1. The van der Waals surface area contributed by atoms with Crippen molar-refractivity contribution in [2.45, 2.75) is 20.8 Å². The van der Waals surface area contributed by atoms with Crippen LogP contribution in [0.25, 0.3) is 0 Å². The molecular weight excluding hydrogens is 298 g/mol. The van der Waals surface area contributed by atoms with Crippen LogP contribution in [-0.4, -0.2) is 48.9 Å². The highest BCUT2D eigenvalue weighted by Gasteiger charge is 2.17. The minimum absolute atomic E-state index is 0.0573. The van der Waals surface area contributed by atoms with Gasteiger partial charge in [-0.3, -0.25) is 9.59 Å². The Morgan fingerprint density at radius 2 is 1.96 bits per heavy atom. The second-order valence-electron chi connectivity index (χ2n) is 5.01. The average Bonchev–Trinajstić information content (AvgIpc) is 2.52. The average molecular weight is 321 g/mol. The first-order valence-electron chi connectivity index (χ1n) is 7.46. The third-order valence-electron chi connectivity index (χ3n) is 3.28. The second-order valence-corrected chi connectivity index (χ2v) is 5.01. The maximum Gasteiger partial charge on any atom is 0.338 e. The van der Waals surface area contributed by atoms with Crippen LogP contribution in [0.4, 0.5) is 5.69 Å². The maximum atomic E-state index is 12.0. The van der Waals surface area contributed by atoms with Gasteiger partial charge in [0.2, 0.25) is 5.91 Å². The summed E-state index contributed by atoms with van der Waals surface area (Å²) in [5.41, 5.74) is 7.37. The zero-order chi connectivity index (χ0) is 17.4. The van der Waals surface area contributed by atoms with E-state index in [9.17, 15) is 14.4 Å². The molecule has 0 saturated heterocycles. The number of hydrogen-bond donors (Lipinski definition) is 2. The van der Waals surface area contributed by atoms with E-state index in [1.165, 1.54) is 11.0 Å². The van der Waals surface area contributed by atoms with Crippen molar-refractivity contribution in [3.05, 3.63) is 29.3 Å². The Hall–Kier alpha value is -2.57. The molecule has 7 heteroatoms. The molecule has 1 aromatic rings. The van der Waals surface area contributed by atoms with E-state index in [0.29, 0.717) is 18.8 Å². The molecular formula is C16H23N3O4. The number of hydrogen-bond acceptors (Lipinski definition) is 5. The van der Waals surface area contributed by atoms with Crippen LogP contribution >= 0.6 is 0 Å². The van der Waals surface area contributed by atoms with Gasteiger partial charge in [0.05, 0.1) is 12.1 Å². The Morgan fingerprint density at radius 1 is 1.26 bits per heavy atom. The number of nitrogens with one attached hydrogen (secondary N) is 1. The van der Waals surface area contributed by atoms with E-state index in [1.54, 1.807) is 26.0 Å². The normalized spacial score (nSPS) is 10.0. The summed E-state index contributed by atoms with van der Waals surface area (Å²) in [4.78, 5) is 36.8. The van der Waals surface area contributed by atoms with Crippen LogP contribution in [-0.2, 0) is 14.3 Å². The van der Waals surface area contributed by atoms with Gasteiger partial charge in [0.15, 0.2) is 6.61 Å². The van der Waals surface area contributed by atoms with E-state index in [2.05, 4.69) is 5.32 Å². The van der Waals surface area contributed by atoms with Crippen molar-refractivity contribution < 1.29 is 19.1 Å². The summed E-state index contributed by atoms with van der Waals surface area (Å²) in [6.45, 7) is 5.75. The first-order chi connectivity index (χ1) is 10.9. The molecule has 0 unspecified atom stereocenters. The topological polar surface area (TPSA) is 102 Å². The minimum Gasteiger partial charge on any atom is -0.452 e. The summed E-state index contributed by atoms with van der Waals surface area (Å²) in [6, 6.07) is 4.81. The molecule has 0 heterocycles. The summed E-state index contributed by atoms with van der Waals surface area (Å²) in [5.74, 6) is -1.30. The molecule has 126 valence electrons. The molecule has 0 fully saturated rings. The number of carbonyl (C=O) groups excluding carboxylic acids is 3. The highest BCUT2D eigenvalue weighted by molar-refractivity contribution is 5.93. The number of esters is 1. The van der Waals surface area contributed by atoms with Crippen LogP contribution in [0, 0.1) is 6.92 Å². The Bertz CT molecular complexity index is 587. The van der Waals surface area contributed by atoms with Crippen molar-refractivity contribution in [3.63, 3.8) is 0 Å². The molecule has 3 N–H and O–H groups in total. The van der Waals surface area contributed by atoms with Gasteiger partial charge in [-0.15, -0.1) is 0 Å². The SMILES string of the molecule is CCNC(=O)CN(CC)C(=O)COC(=O)c1ccc(C)c(N)c1. The lowest BCUT2D eigenvalue weighted by molar-refractivity contribution is -0.138. The van der Waals surface area contributed by atoms with E-state index in [-0.39, 0.29) is 18.0 Å². The van der Waals surface area contributed by atoms with Gasteiger partial charge in [0.1, 0.15) is 0 Å². The van der Waals surface area contributed by atoms with Crippen LogP contribution in [0.3, 0.4) is 0 Å². The van der Waals surface area contributed by atoms with Gasteiger partial charge in [0.25, 0.3) is 5.91 Å². The summed E-state index contributed by atoms with van der Waals surface area (Å²) in [5, 5.41) is 2.61. The molecule has 0 spiro atoms. The predicted molar refractivity (Wildman–Crippen MR) is 86.8 cm³/mol. The number of nitrogens with zero attached hydrogens (tertiary/aromatic N) is 1. The number of likely N-dealkylation sites (N-methyl/N-ethyl adjacent to an activating group) is 2. The zero-order valence-corrected chi connectivity index (χ0v) is 13.7. The Morgan fingerprint density at radius 3 is 2.52 bits per heavy atom. The monoisotopic (exact) mass is 321 g/mol. The van der Waals surface area contributed by atoms with Gasteiger partial charge < -0.3 is 20.7 Å². The lowest BCUT2D eigenvalue weighted by Crippen LogP contribution is -2.42. The molecule has 0 aromatic heterocycles. The molecule has 0 aliphatic heterocycles. The molecule has 1 rings (SSSR count). The zero-order valence-electron chi connectivity index (χ0n) is 13.7. The Kier molecular flexibility index (Phi) is 7.05. The number of amides is 2. The summed E-state index contributed by atoms with van der Waals surface area (Å²) < 4.78 is 4.99. The molecule has 23 heavy (non-hydrogen) atoms. The fourth-order valence-electron chi connectivity index (χ4n) is 1.87. The third kappa shape index (κ3) is 5.61. The minimum atomic E-state index is -0.626. The number of carbonyl (C=O) groups is 3. The van der Waals surface area contributed by atoms with Crippen LogP contribution in [0.2, 0.25) is 0 Å². The second kappa shape index (κ2) is 8.77. The maximum absolute atomic E-state index is 12.0. The molecule has 1 aromatic carbocycles. The highest BCUT2D eigenvalue weighted by Crippen LogP contribution is 2.13. The van der Waals surface area contributed by atoms with Crippen molar-refractivity contribution >= 4 is 23.5 Å². The first-order valence-corrected chi connectivity index (χ1v) is 7.46. The lowest BCUT2D eigenvalue weighted by atomic mass is 10.1. The number of nitrogens with two attached hydrogens (primary N) is 1. The fraction of sp³-hybridized carbons (Fsp3) is 0.438. The fourth-order valence-corrected chi connectivity index (χ4v) is 1.87. The number of anilines is 1. The van der Waals surface area contributed by atoms with Gasteiger partial charge in [-0.1, -0.05) is 6.07 Å². The highest BCUT2D eigenvalue weighted by atomic mass is 16.5. The van der Waals surface area contributed by atoms with Crippen molar-refractivity contribution in [2.75, 3.05) is 32.0 Å². The van der Waals surface area contributed by atoms with Gasteiger partial charge in [0, 0.05) is 18.8 Å². The van der Waals surface area contributed by atoms with Gasteiger partial charge in [-0.25, -0.2) is 4.79 Å². The number of nitrogen functional groups attached to an aromatic ring is 1. The summed E-state index contributed by atoms with van der Waals surface area (Å²) in [6.07, 6.45) is 0. The van der Waals surface area contributed by atoms with Crippen LogP contribution in [0.1, 0.15) is 29.8 Å². The lowest BCUT2D eigenvalue weighted by Gasteiger charge is -2.20. The first kappa shape index (κ1) is 18.5. The van der Waals surface area contributed by atoms with Crippen LogP contribution in [0.15, 0.2) is 18.2 Å². The quantitative estimate of drug-likeness (QED) is 0.569. The van der Waals surface area contributed by atoms with E-state index < -0.39 is 18.5 Å². The molecule has 2 amide bonds. The van der Waals surface area contributed by atoms with E-state index in [0.717, 1.165) is 5.56 Å². The van der Waals surface area contributed by atoms with Crippen molar-refractivity contribution in [2.24, 2.45) is 0 Å². The molecule has 0 bridgehead atoms. The third-order valence-corrected chi connectivity index (χ3v) is 3.28. The van der Waals surface area contributed by atoms with E-state index >= 15 is 0 Å². The summed E-state index contributed by atoms with van der Waals surface area (Å²) in [7, 11) is 0. The van der Waals surface area contributed by atoms with E-state index in [4.69, 9.17) is 10.5 Å². The van der Waals surface area contributed by atoms with Crippen molar-refractivity contribution in [1.29, 1.82) is 0 Å². The van der Waals surface area contributed by atoms with Gasteiger partial charge in [-0.2, -0.15) is 0 Å². The number of ether oxygens (including phenoxy) is 1. The van der Waals surface area contributed by atoms with Gasteiger partial charge in [-0.05, 0) is 38.5 Å². The molecule has 0 saturated carbocycles. The molecule has 0 aliphatic carbocycles. The molecule has 0 radical (unpaired) electrons. The Labute approximate surface area is 135 Å². The van der Waals surface area contributed by atoms with E-state index in [1.807, 2.05) is 6.92 Å². The predicted octanol–water partition coefficient (Wildman–Crippen LogP) is 0.719.